The topological polar surface area (TPSA) is 45.2 Å². The summed E-state index contributed by atoms with van der Waals surface area (Å²) in [6, 6.07) is 10.4. The van der Waals surface area contributed by atoms with E-state index in [9.17, 15) is 4.79 Å². The summed E-state index contributed by atoms with van der Waals surface area (Å²) in [4.78, 5) is 18.4. The first-order valence-electron chi connectivity index (χ1n) is 7.41. The summed E-state index contributed by atoms with van der Waals surface area (Å²) in [5.74, 6) is 0.0583. The lowest BCUT2D eigenvalue weighted by Gasteiger charge is -2.16. The van der Waals surface area contributed by atoms with Crippen molar-refractivity contribution in [1.29, 1.82) is 0 Å². The zero-order chi connectivity index (χ0) is 15.4. The van der Waals surface area contributed by atoms with Crippen molar-refractivity contribution >= 4 is 29.0 Å². The van der Waals surface area contributed by atoms with Crippen LogP contribution in [0.4, 0.5) is 5.69 Å². The van der Waals surface area contributed by atoms with Gasteiger partial charge in [-0.1, -0.05) is 18.2 Å². The molecule has 1 aromatic heterocycles. The maximum absolute atomic E-state index is 12.2. The van der Waals surface area contributed by atoms with Crippen molar-refractivity contribution in [1.82, 2.24) is 9.88 Å². The van der Waals surface area contributed by atoms with E-state index in [4.69, 9.17) is 0 Å². The third-order valence-electron chi connectivity index (χ3n) is 3.68. The highest BCUT2D eigenvalue weighted by atomic mass is 32.1. The van der Waals surface area contributed by atoms with Crippen LogP contribution >= 0.6 is 11.3 Å². The molecule has 3 rings (SSSR count). The van der Waals surface area contributed by atoms with Crippen LogP contribution in [0.15, 0.2) is 41.8 Å². The van der Waals surface area contributed by atoms with Crippen LogP contribution in [0.5, 0.6) is 0 Å². The van der Waals surface area contributed by atoms with E-state index in [-0.39, 0.29) is 5.91 Å². The van der Waals surface area contributed by atoms with Crippen LogP contribution in [0, 0.1) is 6.92 Å². The van der Waals surface area contributed by atoms with Gasteiger partial charge in [-0.2, -0.15) is 0 Å². The SMILES string of the molecule is Cc1nc(/C=C/C(=O)N2CC[C@H](Nc3ccccc3)C2)cs1. The Kier molecular flexibility index (Phi) is 4.53. The molecule has 1 N–H and O–H groups in total. The molecule has 5 heteroatoms. The predicted octanol–water partition coefficient (Wildman–Crippen LogP) is 3.18. The fraction of sp³-hybridized carbons (Fsp3) is 0.294. The molecule has 1 aliphatic heterocycles. The molecule has 22 heavy (non-hydrogen) atoms. The fourth-order valence-corrected chi connectivity index (χ4v) is 3.15. The lowest BCUT2D eigenvalue weighted by molar-refractivity contribution is -0.124. The molecule has 1 saturated heterocycles. The molecule has 1 fully saturated rings. The second-order valence-corrected chi connectivity index (χ2v) is 6.47. The highest BCUT2D eigenvalue weighted by Crippen LogP contribution is 2.16. The van der Waals surface area contributed by atoms with Gasteiger partial charge >= 0.3 is 0 Å². The van der Waals surface area contributed by atoms with Gasteiger partial charge in [0.25, 0.3) is 0 Å². The smallest absolute Gasteiger partial charge is 0.246 e. The van der Waals surface area contributed by atoms with Gasteiger partial charge in [-0.05, 0) is 31.6 Å². The maximum Gasteiger partial charge on any atom is 0.246 e. The van der Waals surface area contributed by atoms with E-state index >= 15 is 0 Å². The van der Waals surface area contributed by atoms with Gasteiger partial charge in [-0.3, -0.25) is 4.79 Å². The van der Waals surface area contributed by atoms with Gasteiger partial charge in [0.05, 0.1) is 10.7 Å². The molecule has 4 nitrogen and oxygen atoms in total. The molecule has 114 valence electrons. The molecule has 0 spiro atoms. The normalized spacial score (nSPS) is 18.0. The average molecular weight is 313 g/mol. The van der Waals surface area contributed by atoms with E-state index in [0.29, 0.717) is 6.04 Å². The second-order valence-electron chi connectivity index (χ2n) is 5.40. The summed E-state index contributed by atoms with van der Waals surface area (Å²) in [5.41, 5.74) is 1.96. The van der Waals surface area contributed by atoms with Gasteiger partial charge in [0.1, 0.15) is 0 Å². The summed E-state index contributed by atoms with van der Waals surface area (Å²) in [7, 11) is 0. The molecule has 2 aromatic rings. The molecule has 2 heterocycles. The van der Waals surface area contributed by atoms with Gasteiger partial charge in [-0.15, -0.1) is 11.3 Å². The van der Waals surface area contributed by atoms with Crippen LogP contribution in [0.2, 0.25) is 0 Å². The number of benzene rings is 1. The number of hydrogen-bond acceptors (Lipinski definition) is 4. The number of rotatable bonds is 4. The quantitative estimate of drug-likeness (QED) is 0.882. The minimum atomic E-state index is 0.0583. The number of hydrogen-bond donors (Lipinski definition) is 1. The largest absolute Gasteiger partial charge is 0.380 e. The standard InChI is InChI=1S/C17H19N3OS/c1-13-18-16(12-22-13)7-8-17(21)20-10-9-15(11-20)19-14-5-3-2-4-6-14/h2-8,12,15,19H,9-11H2,1H3/b8-7+/t15-/m0/s1. The minimum Gasteiger partial charge on any atom is -0.380 e. The highest BCUT2D eigenvalue weighted by molar-refractivity contribution is 7.09. The van der Waals surface area contributed by atoms with Crippen molar-refractivity contribution in [2.75, 3.05) is 18.4 Å². The number of nitrogens with one attached hydrogen (secondary N) is 1. The van der Waals surface area contributed by atoms with Crippen molar-refractivity contribution in [3.8, 4) is 0 Å². The van der Waals surface area contributed by atoms with Crippen LogP contribution in [-0.2, 0) is 4.79 Å². The Morgan fingerprint density at radius 1 is 1.41 bits per heavy atom. The number of anilines is 1. The van der Waals surface area contributed by atoms with E-state index in [1.54, 1.807) is 23.5 Å². The van der Waals surface area contributed by atoms with Crippen LogP contribution < -0.4 is 5.32 Å². The highest BCUT2D eigenvalue weighted by Gasteiger charge is 2.24. The Morgan fingerprint density at radius 3 is 2.95 bits per heavy atom. The number of thiazole rings is 1. The molecule has 1 aromatic carbocycles. The Hall–Kier alpha value is -2.14. The lowest BCUT2D eigenvalue weighted by Crippen LogP contribution is -2.30. The minimum absolute atomic E-state index is 0.0583. The Bertz CT molecular complexity index is 666. The number of para-hydroxylation sites is 1. The molecule has 0 radical (unpaired) electrons. The van der Waals surface area contributed by atoms with Crippen molar-refractivity contribution in [2.24, 2.45) is 0 Å². The zero-order valence-corrected chi connectivity index (χ0v) is 13.3. The molecule has 0 saturated carbocycles. The zero-order valence-electron chi connectivity index (χ0n) is 12.5. The van der Waals surface area contributed by atoms with Crippen LogP contribution in [0.3, 0.4) is 0 Å². The van der Waals surface area contributed by atoms with Crippen LogP contribution in [0.1, 0.15) is 17.1 Å². The predicted molar refractivity (Wildman–Crippen MR) is 90.9 cm³/mol. The number of amides is 1. The lowest BCUT2D eigenvalue weighted by atomic mass is 10.2. The van der Waals surface area contributed by atoms with E-state index in [1.165, 1.54) is 0 Å². The van der Waals surface area contributed by atoms with Crippen molar-refractivity contribution in [2.45, 2.75) is 19.4 Å². The fourth-order valence-electron chi connectivity index (χ4n) is 2.57. The van der Waals surface area contributed by atoms with E-state index in [1.807, 2.05) is 35.4 Å². The van der Waals surface area contributed by atoms with Gasteiger partial charge in [0, 0.05) is 36.3 Å². The van der Waals surface area contributed by atoms with Gasteiger partial charge < -0.3 is 10.2 Å². The molecular formula is C17H19N3OS. The first kappa shape index (κ1) is 14.8. The van der Waals surface area contributed by atoms with Crippen LogP contribution in [-0.4, -0.2) is 34.9 Å². The summed E-state index contributed by atoms with van der Waals surface area (Å²) in [5, 5.41) is 6.45. The maximum atomic E-state index is 12.2. The van der Waals surface area contributed by atoms with E-state index in [0.717, 1.165) is 35.9 Å². The van der Waals surface area contributed by atoms with E-state index < -0.39 is 0 Å². The second kappa shape index (κ2) is 6.75. The first-order valence-corrected chi connectivity index (χ1v) is 8.29. The number of likely N-dealkylation sites (tertiary alicyclic amines) is 1. The summed E-state index contributed by atoms with van der Waals surface area (Å²) >= 11 is 1.59. The molecule has 0 unspecified atom stereocenters. The van der Waals surface area contributed by atoms with Gasteiger partial charge in [0.2, 0.25) is 5.91 Å². The number of aromatic nitrogens is 1. The Morgan fingerprint density at radius 2 is 2.23 bits per heavy atom. The summed E-state index contributed by atoms with van der Waals surface area (Å²) in [6.07, 6.45) is 4.40. The van der Waals surface area contributed by atoms with Crippen molar-refractivity contribution < 1.29 is 4.79 Å². The van der Waals surface area contributed by atoms with Gasteiger partial charge in [-0.25, -0.2) is 4.98 Å². The summed E-state index contributed by atoms with van der Waals surface area (Å²) in [6.45, 7) is 3.50. The molecule has 1 atom stereocenters. The monoisotopic (exact) mass is 313 g/mol. The average Bonchev–Trinajstić information content (AvgIpc) is 3.15. The third kappa shape index (κ3) is 3.74. The number of nitrogens with zero attached hydrogens (tertiary/aromatic N) is 2. The molecule has 1 amide bonds. The third-order valence-corrected chi connectivity index (χ3v) is 4.47. The first-order chi connectivity index (χ1) is 10.7. The van der Waals surface area contributed by atoms with Gasteiger partial charge in [0.15, 0.2) is 0 Å². The number of aryl methyl sites for hydroxylation is 1. The van der Waals surface area contributed by atoms with Crippen molar-refractivity contribution in [3.63, 3.8) is 0 Å². The molecular weight excluding hydrogens is 294 g/mol. The van der Waals surface area contributed by atoms with E-state index in [2.05, 4.69) is 22.4 Å². The summed E-state index contributed by atoms with van der Waals surface area (Å²) < 4.78 is 0. The Labute approximate surface area is 134 Å². The van der Waals surface area contributed by atoms with Crippen molar-refractivity contribution in [3.05, 3.63) is 52.5 Å². The molecule has 1 aliphatic rings. The number of carbonyl (C=O) groups excluding carboxylic acids is 1. The molecule has 0 bridgehead atoms. The Balaban J connectivity index is 1.53. The number of carbonyl (C=O) groups is 1. The van der Waals surface area contributed by atoms with Crippen LogP contribution in [0.25, 0.3) is 6.08 Å². The molecule has 0 aliphatic carbocycles.